The van der Waals surface area contributed by atoms with E-state index < -0.39 is 15.9 Å². The van der Waals surface area contributed by atoms with Crippen LogP contribution < -0.4 is 5.73 Å². The number of hydrogen-bond donors (Lipinski definition) is 1. The van der Waals surface area contributed by atoms with Crippen molar-refractivity contribution in [1.82, 2.24) is 4.31 Å². The number of carbonyl (C=O) groups excluding carboxylic acids is 1. The van der Waals surface area contributed by atoms with Crippen molar-refractivity contribution in [2.24, 2.45) is 5.73 Å². The van der Waals surface area contributed by atoms with Crippen LogP contribution in [0.2, 0.25) is 0 Å². The number of carbonyl (C=O) groups is 1. The lowest BCUT2D eigenvalue weighted by Crippen LogP contribution is -2.44. The Labute approximate surface area is 89.3 Å². The largest absolute Gasteiger partial charge is 0.369 e. The lowest BCUT2D eigenvalue weighted by Gasteiger charge is -2.23. The molecule has 0 aliphatic heterocycles. The topological polar surface area (TPSA) is 80.5 Å². The Morgan fingerprint density at radius 3 is 2.29 bits per heavy atom. The van der Waals surface area contributed by atoms with Gasteiger partial charge in [0.2, 0.25) is 15.9 Å². The predicted octanol–water partition coefficient (Wildman–Crippen LogP) is -0.249. The van der Waals surface area contributed by atoms with E-state index >= 15 is 0 Å². The van der Waals surface area contributed by atoms with Gasteiger partial charge in [-0.2, -0.15) is 4.31 Å². The second-order valence-corrected chi connectivity index (χ2v) is 5.53. The van der Waals surface area contributed by atoms with Crippen LogP contribution in [0.1, 0.15) is 13.8 Å². The summed E-state index contributed by atoms with van der Waals surface area (Å²) < 4.78 is 24.1. The third kappa shape index (κ3) is 4.26. The molecule has 2 N–H and O–H groups in total. The molecule has 0 atom stereocenters. The van der Waals surface area contributed by atoms with E-state index in [0.717, 1.165) is 4.31 Å². The van der Waals surface area contributed by atoms with Crippen LogP contribution in [-0.2, 0) is 14.8 Å². The standard InChI is InChI=1S/C7H15ClN2O3S/c1-6(2)10(5-7(9)11)14(12,13)4-3-8/h6H,3-5H2,1-2H3,(H2,9,11). The van der Waals surface area contributed by atoms with Crippen molar-refractivity contribution in [3.8, 4) is 0 Å². The number of sulfonamides is 1. The molecule has 0 aromatic carbocycles. The molecule has 0 fully saturated rings. The molecule has 0 aliphatic rings. The summed E-state index contributed by atoms with van der Waals surface area (Å²) in [6.45, 7) is 3.06. The third-order valence-electron chi connectivity index (χ3n) is 1.58. The second kappa shape index (κ2) is 5.53. The maximum atomic E-state index is 11.5. The van der Waals surface area contributed by atoms with Gasteiger partial charge < -0.3 is 5.73 Å². The average Bonchev–Trinajstić information content (AvgIpc) is 1.99. The minimum absolute atomic E-state index is 0.00428. The van der Waals surface area contributed by atoms with Crippen molar-refractivity contribution in [2.45, 2.75) is 19.9 Å². The molecule has 0 heterocycles. The van der Waals surface area contributed by atoms with Crippen molar-refractivity contribution in [3.63, 3.8) is 0 Å². The molecular formula is C7H15ClN2O3S. The molecule has 0 rings (SSSR count). The summed E-state index contributed by atoms with van der Waals surface area (Å²) in [7, 11) is -3.47. The van der Waals surface area contributed by atoms with E-state index in [0.29, 0.717) is 0 Å². The first-order valence-electron chi connectivity index (χ1n) is 4.15. The Morgan fingerprint density at radius 2 is 2.00 bits per heavy atom. The number of rotatable bonds is 6. The summed E-state index contributed by atoms with van der Waals surface area (Å²) in [6.07, 6.45) is 0. The summed E-state index contributed by atoms with van der Waals surface area (Å²) >= 11 is 5.35. The van der Waals surface area contributed by atoms with Gasteiger partial charge in [-0.25, -0.2) is 8.42 Å². The first-order valence-corrected chi connectivity index (χ1v) is 6.29. The Morgan fingerprint density at radius 1 is 1.50 bits per heavy atom. The van der Waals surface area contributed by atoms with Crippen molar-refractivity contribution in [3.05, 3.63) is 0 Å². The molecule has 0 aromatic rings. The minimum Gasteiger partial charge on any atom is -0.369 e. The molecule has 7 heteroatoms. The summed E-state index contributed by atoms with van der Waals surface area (Å²) in [5.74, 6) is -0.846. The van der Waals surface area contributed by atoms with Crippen LogP contribution in [0.3, 0.4) is 0 Å². The highest BCUT2D eigenvalue weighted by Gasteiger charge is 2.25. The molecule has 0 aromatic heterocycles. The maximum absolute atomic E-state index is 11.5. The summed E-state index contributed by atoms with van der Waals surface area (Å²) in [5, 5.41) is 0. The quantitative estimate of drug-likeness (QED) is 0.653. The highest BCUT2D eigenvalue weighted by molar-refractivity contribution is 7.89. The van der Waals surface area contributed by atoms with Gasteiger partial charge in [0.25, 0.3) is 0 Å². The van der Waals surface area contributed by atoms with E-state index in [1.165, 1.54) is 0 Å². The molecule has 0 unspecified atom stereocenters. The van der Waals surface area contributed by atoms with E-state index in [1.807, 2.05) is 0 Å². The summed E-state index contributed by atoms with van der Waals surface area (Å²) in [5.41, 5.74) is 4.95. The van der Waals surface area contributed by atoms with Gasteiger partial charge >= 0.3 is 0 Å². The summed E-state index contributed by atoms with van der Waals surface area (Å²) in [4.78, 5) is 10.6. The highest BCUT2D eigenvalue weighted by Crippen LogP contribution is 2.07. The van der Waals surface area contributed by atoms with Crippen LogP contribution in [0.25, 0.3) is 0 Å². The molecule has 0 spiro atoms. The normalized spacial score (nSPS) is 12.4. The van der Waals surface area contributed by atoms with E-state index in [4.69, 9.17) is 17.3 Å². The fourth-order valence-electron chi connectivity index (χ4n) is 0.970. The molecule has 0 radical (unpaired) electrons. The Balaban J connectivity index is 4.73. The van der Waals surface area contributed by atoms with Crippen LogP contribution >= 0.6 is 11.6 Å². The van der Waals surface area contributed by atoms with Gasteiger partial charge in [0.1, 0.15) is 0 Å². The van der Waals surface area contributed by atoms with Crippen LogP contribution in [0.15, 0.2) is 0 Å². The highest BCUT2D eigenvalue weighted by atomic mass is 35.5. The fraction of sp³-hybridized carbons (Fsp3) is 0.857. The second-order valence-electron chi connectivity index (χ2n) is 3.11. The zero-order valence-electron chi connectivity index (χ0n) is 8.23. The fourth-order valence-corrected chi connectivity index (χ4v) is 2.95. The number of nitrogens with zero attached hydrogens (tertiary/aromatic N) is 1. The van der Waals surface area contributed by atoms with Crippen LogP contribution in [-0.4, -0.2) is 42.8 Å². The minimum atomic E-state index is -3.47. The zero-order chi connectivity index (χ0) is 11.4. The van der Waals surface area contributed by atoms with E-state index in [1.54, 1.807) is 13.8 Å². The first kappa shape index (κ1) is 13.7. The molecule has 14 heavy (non-hydrogen) atoms. The number of hydrogen-bond acceptors (Lipinski definition) is 3. The first-order chi connectivity index (χ1) is 6.31. The van der Waals surface area contributed by atoms with Crippen LogP contribution in [0.5, 0.6) is 0 Å². The average molecular weight is 243 g/mol. The summed E-state index contributed by atoms with van der Waals surface area (Å²) in [6, 6.07) is -0.296. The monoisotopic (exact) mass is 242 g/mol. The van der Waals surface area contributed by atoms with Gasteiger partial charge in [0.05, 0.1) is 12.3 Å². The van der Waals surface area contributed by atoms with Gasteiger partial charge in [-0.05, 0) is 13.8 Å². The van der Waals surface area contributed by atoms with Gasteiger partial charge in [-0.15, -0.1) is 11.6 Å². The maximum Gasteiger partial charge on any atom is 0.232 e. The van der Waals surface area contributed by atoms with Crippen LogP contribution in [0, 0.1) is 0 Å². The van der Waals surface area contributed by atoms with Crippen molar-refractivity contribution >= 4 is 27.5 Å². The van der Waals surface area contributed by atoms with E-state index in [2.05, 4.69) is 0 Å². The molecule has 0 aliphatic carbocycles. The Bertz CT molecular complexity index is 289. The number of amides is 1. The number of halogens is 1. The molecular weight excluding hydrogens is 228 g/mol. The lowest BCUT2D eigenvalue weighted by molar-refractivity contribution is -0.118. The number of primary amides is 1. The van der Waals surface area contributed by atoms with Crippen LogP contribution in [0.4, 0.5) is 0 Å². The molecule has 0 saturated heterocycles. The molecule has 84 valence electrons. The van der Waals surface area contributed by atoms with Gasteiger partial charge in [0.15, 0.2) is 0 Å². The van der Waals surface area contributed by atoms with Gasteiger partial charge in [-0.1, -0.05) is 0 Å². The smallest absolute Gasteiger partial charge is 0.232 e. The zero-order valence-corrected chi connectivity index (χ0v) is 9.81. The number of nitrogens with two attached hydrogens (primary N) is 1. The van der Waals surface area contributed by atoms with E-state index in [9.17, 15) is 13.2 Å². The Hall–Kier alpha value is -0.330. The Kier molecular flexibility index (Phi) is 5.40. The van der Waals surface area contributed by atoms with Gasteiger partial charge in [-0.3, -0.25) is 4.79 Å². The number of alkyl halides is 1. The third-order valence-corrected chi connectivity index (χ3v) is 3.98. The van der Waals surface area contributed by atoms with Crippen molar-refractivity contribution < 1.29 is 13.2 Å². The molecule has 0 saturated carbocycles. The van der Waals surface area contributed by atoms with E-state index in [-0.39, 0.29) is 24.2 Å². The predicted molar refractivity (Wildman–Crippen MR) is 55.5 cm³/mol. The van der Waals surface area contributed by atoms with Gasteiger partial charge in [0, 0.05) is 11.9 Å². The molecule has 1 amide bonds. The molecule has 0 bridgehead atoms. The lowest BCUT2D eigenvalue weighted by atomic mass is 10.4. The van der Waals surface area contributed by atoms with Crippen molar-refractivity contribution in [1.29, 1.82) is 0 Å². The SMILES string of the molecule is CC(C)N(CC(N)=O)S(=O)(=O)CCCl. The molecule has 5 nitrogen and oxygen atoms in total. The van der Waals surface area contributed by atoms with Crippen molar-refractivity contribution in [2.75, 3.05) is 18.2 Å².